The molecule has 0 fully saturated rings. The molecular formula is C10H15N3O4. The number of carbonyl (C=O) groups excluding carboxylic acids is 1. The van der Waals surface area contributed by atoms with Gasteiger partial charge >= 0.3 is 5.69 Å². The molecule has 0 saturated carbocycles. The molecule has 1 aromatic rings. The van der Waals surface area contributed by atoms with E-state index in [0.717, 1.165) is 9.13 Å². The maximum Gasteiger partial charge on any atom is 0.332 e. The van der Waals surface area contributed by atoms with Crippen molar-refractivity contribution in [1.82, 2.24) is 9.13 Å². The van der Waals surface area contributed by atoms with Crippen molar-refractivity contribution in [3.05, 3.63) is 26.4 Å². The van der Waals surface area contributed by atoms with Gasteiger partial charge < -0.3 is 10.5 Å². The maximum atomic E-state index is 11.8. The highest BCUT2D eigenvalue weighted by molar-refractivity contribution is 5.99. The van der Waals surface area contributed by atoms with Gasteiger partial charge in [0.05, 0.1) is 6.61 Å². The molecule has 0 unspecified atom stereocenters. The standard InChI is InChI=1S/C10H15N3O4/c1-12-8(11)7(6(14)4-5-17-3)9(15)13(2)10(12)16/h4-5,11H2,1-3H3. The highest BCUT2D eigenvalue weighted by Gasteiger charge is 2.19. The van der Waals surface area contributed by atoms with Gasteiger partial charge in [-0.1, -0.05) is 0 Å². The number of ketones is 1. The summed E-state index contributed by atoms with van der Waals surface area (Å²) in [6, 6.07) is 0. The Labute approximate surface area is 97.4 Å². The molecule has 1 rings (SSSR count). The SMILES string of the molecule is COCCC(=O)c1c(N)n(C)c(=O)n(C)c1=O. The number of rotatable bonds is 4. The topological polar surface area (TPSA) is 96.3 Å². The Hall–Kier alpha value is -1.89. The highest BCUT2D eigenvalue weighted by atomic mass is 16.5. The summed E-state index contributed by atoms with van der Waals surface area (Å²) in [6.45, 7) is 0.199. The van der Waals surface area contributed by atoms with E-state index >= 15 is 0 Å². The minimum atomic E-state index is -0.674. The summed E-state index contributed by atoms with van der Waals surface area (Å²) in [6.07, 6.45) is 0.0497. The first kappa shape index (κ1) is 13.2. The Morgan fingerprint density at radius 3 is 2.41 bits per heavy atom. The number of aromatic nitrogens is 2. The first-order valence-electron chi connectivity index (χ1n) is 4.99. The number of hydrogen-bond acceptors (Lipinski definition) is 5. The van der Waals surface area contributed by atoms with Crippen LogP contribution in [0.2, 0.25) is 0 Å². The zero-order chi connectivity index (χ0) is 13.2. The van der Waals surface area contributed by atoms with Gasteiger partial charge in [-0.15, -0.1) is 0 Å². The molecule has 0 saturated heterocycles. The van der Waals surface area contributed by atoms with Crippen molar-refractivity contribution in [3.8, 4) is 0 Å². The molecule has 1 heterocycles. The van der Waals surface area contributed by atoms with Gasteiger partial charge in [-0.05, 0) is 0 Å². The molecule has 0 atom stereocenters. The molecule has 0 radical (unpaired) electrons. The fourth-order valence-electron chi connectivity index (χ4n) is 1.44. The van der Waals surface area contributed by atoms with E-state index < -0.39 is 17.0 Å². The number of carbonyl (C=O) groups is 1. The van der Waals surface area contributed by atoms with Gasteiger partial charge in [0.1, 0.15) is 11.4 Å². The van der Waals surface area contributed by atoms with Crippen molar-refractivity contribution in [1.29, 1.82) is 0 Å². The summed E-state index contributed by atoms with van der Waals surface area (Å²) in [5, 5.41) is 0. The molecule has 0 bridgehead atoms. The van der Waals surface area contributed by atoms with Gasteiger partial charge in [0.25, 0.3) is 5.56 Å². The molecule has 0 aliphatic rings. The van der Waals surface area contributed by atoms with Crippen molar-refractivity contribution >= 4 is 11.6 Å². The molecule has 0 amide bonds. The third-order valence-electron chi connectivity index (χ3n) is 2.52. The van der Waals surface area contributed by atoms with Gasteiger partial charge in [0.15, 0.2) is 5.78 Å². The zero-order valence-electron chi connectivity index (χ0n) is 10.0. The molecule has 2 N–H and O–H groups in total. The van der Waals surface area contributed by atoms with E-state index in [1.54, 1.807) is 0 Å². The molecule has 0 aromatic carbocycles. The highest BCUT2D eigenvalue weighted by Crippen LogP contribution is 2.06. The van der Waals surface area contributed by atoms with Crippen LogP contribution in [0.15, 0.2) is 9.59 Å². The minimum Gasteiger partial charge on any atom is -0.384 e. The van der Waals surface area contributed by atoms with Gasteiger partial charge in [0, 0.05) is 27.6 Å². The van der Waals surface area contributed by atoms with E-state index in [4.69, 9.17) is 10.5 Å². The second-order valence-electron chi connectivity index (χ2n) is 3.63. The fraction of sp³-hybridized carbons (Fsp3) is 0.500. The van der Waals surface area contributed by atoms with E-state index in [1.807, 2.05) is 0 Å². The largest absolute Gasteiger partial charge is 0.384 e. The van der Waals surface area contributed by atoms with Crippen LogP contribution in [0.5, 0.6) is 0 Å². The smallest absolute Gasteiger partial charge is 0.332 e. The summed E-state index contributed by atoms with van der Waals surface area (Å²) < 4.78 is 6.69. The van der Waals surface area contributed by atoms with Crippen LogP contribution in [0.3, 0.4) is 0 Å². The van der Waals surface area contributed by atoms with Crippen molar-refractivity contribution in [2.24, 2.45) is 14.1 Å². The third kappa shape index (κ3) is 2.28. The van der Waals surface area contributed by atoms with E-state index in [2.05, 4.69) is 0 Å². The number of Topliss-reactive ketones (excluding diaryl/α,β-unsaturated/α-hetero) is 1. The van der Waals surface area contributed by atoms with Crippen molar-refractivity contribution < 1.29 is 9.53 Å². The van der Waals surface area contributed by atoms with Gasteiger partial charge in [0.2, 0.25) is 0 Å². The predicted molar refractivity (Wildman–Crippen MR) is 62.2 cm³/mol. The molecule has 1 aromatic heterocycles. The molecule has 94 valence electrons. The average Bonchev–Trinajstić information content (AvgIpc) is 2.31. The lowest BCUT2D eigenvalue weighted by Crippen LogP contribution is -2.41. The second-order valence-corrected chi connectivity index (χ2v) is 3.63. The summed E-state index contributed by atoms with van der Waals surface area (Å²) in [5.41, 5.74) is 4.22. The lowest BCUT2D eigenvalue weighted by molar-refractivity contribution is 0.0930. The number of nitrogens with two attached hydrogens (primary N) is 1. The summed E-state index contributed by atoms with van der Waals surface area (Å²) in [7, 11) is 4.16. The molecule has 17 heavy (non-hydrogen) atoms. The van der Waals surface area contributed by atoms with Crippen molar-refractivity contribution in [2.45, 2.75) is 6.42 Å². The van der Waals surface area contributed by atoms with Gasteiger partial charge in [-0.2, -0.15) is 0 Å². The number of ether oxygens (including phenoxy) is 1. The van der Waals surface area contributed by atoms with Crippen molar-refractivity contribution in [3.63, 3.8) is 0 Å². The van der Waals surface area contributed by atoms with E-state index in [1.165, 1.54) is 21.2 Å². The summed E-state index contributed by atoms with van der Waals surface area (Å²) >= 11 is 0. The molecule has 7 nitrogen and oxygen atoms in total. The van der Waals surface area contributed by atoms with Crippen molar-refractivity contribution in [2.75, 3.05) is 19.5 Å². The molecule has 0 aliphatic heterocycles. The second kappa shape index (κ2) is 4.96. The third-order valence-corrected chi connectivity index (χ3v) is 2.52. The van der Waals surface area contributed by atoms with Gasteiger partial charge in [-0.3, -0.25) is 18.7 Å². The summed E-state index contributed by atoms with van der Waals surface area (Å²) in [4.78, 5) is 35.1. The Morgan fingerprint density at radius 1 is 1.29 bits per heavy atom. The first-order valence-corrected chi connectivity index (χ1v) is 4.99. The normalized spacial score (nSPS) is 10.5. The number of methoxy groups -OCH3 is 1. The number of nitrogens with zero attached hydrogens (tertiary/aromatic N) is 2. The fourth-order valence-corrected chi connectivity index (χ4v) is 1.44. The van der Waals surface area contributed by atoms with Crippen LogP contribution in [0, 0.1) is 0 Å². The molecule has 0 spiro atoms. The molecule has 7 heteroatoms. The Morgan fingerprint density at radius 2 is 1.88 bits per heavy atom. The predicted octanol–water partition coefficient (Wildman–Crippen LogP) is -1.11. The maximum absolute atomic E-state index is 11.8. The minimum absolute atomic E-state index is 0.0497. The number of nitrogen functional groups attached to an aromatic ring is 1. The first-order chi connectivity index (χ1) is 7.91. The lowest BCUT2D eigenvalue weighted by atomic mass is 10.1. The van der Waals surface area contributed by atoms with E-state index in [9.17, 15) is 14.4 Å². The van der Waals surface area contributed by atoms with Crippen LogP contribution in [0.25, 0.3) is 0 Å². The monoisotopic (exact) mass is 241 g/mol. The Balaban J connectivity index is 3.40. The molecular weight excluding hydrogens is 226 g/mol. The van der Waals surface area contributed by atoms with Crippen LogP contribution in [0.4, 0.5) is 5.82 Å². The Kier molecular flexibility index (Phi) is 3.84. The Bertz CT molecular complexity index is 556. The number of anilines is 1. The van der Waals surface area contributed by atoms with Crippen LogP contribution in [0.1, 0.15) is 16.8 Å². The van der Waals surface area contributed by atoms with Crippen LogP contribution in [-0.2, 0) is 18.8 Å². The average molecular weight is 241 g/mol. The number of hydrogen-bond donors (Lipinski definition) is 1. The van der Waals surface area contributed by atoms with E-state index in [-0.39, 0.29) is 24.4 Å². The van der Waals surface area contributed by atoms with Crippen LogP contribution < -0.4 is 17.0 Å². The van der Waals surface area contributed by atoms with Crippen LogP contribution >= 0.6 is 0 Å². The summed E-state index contributed by atoms with van der Waals surface area (Å²) in [5.74, 6) is -0.542. The molecule has 0 aliphatic carbocycles. The van der Waals surface area contributed by atoms with Crippen LogP contribution in [-0.4, -0.2) is 28.6 Å². The zero-order valence-corrected chi connectivity index (χ0v) is 10.0. The quantitative estimate of drug-likeness (QED) is 0.674. The lowest BCUT2D eigenvalue weighted by Gasteiger charge is -2.10. The van der Waals surface area contributed by atoms with E-state index in [0.29, 0.717) is 0 Å². The van der Waals surface area contributed by atoms with Gasteiger partial charge in [-0.25, -0.2) is 4.79 Å².